The zero-order valence-corrected chi connectivity index (χ0v) is 73.5. The maximum Gasteiger partial charge on any atom is 0.737 e. The molecule has 2 aromatic heterocycles. The number of hydrogen-bond acceptors (Lipinski definition) is 20. The van der Waals surface area contributed by atoms with E-state index >= 15 is 8.63 Å². The van der Waals surface area contributed by atoms with Crippen LogP contribution in [0.2, 0.25) is 0 Å². The Kier molecular flexibility index (Phi) is 35.3. The molecular formula is C85H104BF2N13O21S4. The van der Waals surface area contributed by atoms with Gasteiger partial charge in [0.25, 0.3) is 0 Å². The second kappa shape index (κ2) is 45.4. The number of nitrogens with one attached hydrogen (secondary N) is 9. The normalized spacial score (nSPS) is 14.2. The lowest BCUT2D eigenvalue weighted by Crippen LogP contribution is -2.58. The molecule has 0 saturated carbocycles. The predicted octanol–water partition coefficient (Wildman–Crippen LogP) is 7.83. The Morgan fingerprint density at radius 3 is 1.62 bits per heavy atom. The van der Waals surface area contributed by atoms with Gasteiger partial charge in [0, 0.05) is 149 Å². The summed E-state index contributed by atoms with van der Waals surface area (Å²) in [5, 5.41) is 59.5. The van der Waals surface area contributed by atoms with Crippen LogP contribution < -0.4 is 57.1 Å². The van der Waals surface area contributed by atoms with Crippen LogP contribution >= 0.6 is 21.6 Å². The number of allylic oxidation sites excluding steroid dienone is 2. The average Bonchev–Trinajstić information content (AvgIpc) is 1.49. The van der Waals surface area contributed by atoms with Crippen molar-refractivity contribution in [1.29, 1.82) is 0 Å². The highest BCUT2D eigenvalue weighted by molar-refractivity contribution is 8.76. The summed E-state index contributed by atoms with van der Waals surface area (Å²) in [5.41, 5.74) is 5.72. The van der Waals surface area contributed by atoms with Gasteiger partial charge in [0.05, 0.1) is 32.7 Å². The number of carboxylic acids is 4. The molecule has 2 unspecified atom stereocenters. The molecule has 5 aromatic carbocycles. The maximum atomic E-state index is 16.2. The van der Waals surface area contributed by atoms with Gasteiger partial charge >= 0.3 is 48.0 Å². The molecule has 0 saturated heterocycles. The van der Waals surface area contributed by atoms with Crippen LogP contribution in [0.5, 0.6) is 0 Å². The largest absolute Gasteiger partial charge is 0.744 e. The fourth-order valence-electron chi connectivity index (χ4n) is 14.8. The number of carbonyl (C=O) groups is 11. The lowest BCUT2D eigenvalue weighted by atomic mass is 9.90. The minimum Gasteiger partial charge on any atom is -0.744 e. The summed E-state index contributed by atoms with van der Waals surface area (Å²) in [7, 11) is -8.02. The van der Waals surface area contributed by atoms with Crippen molar-refractivity contribution in [2.45, 2.75) is 171 Å². The summed E-state index contributed by atoms with van der Waals surface area (Å²) >= 11 is 0. The van der Waals surface area contributed by atoms with Gasteiger partial charge in [-0.05, 0) is 145 Å². The van der Waals surface area contributed by atoms with Crippen molar-refractivity contribution in [2.75, 3.05) is 67.1 Å². The number of hydrogen-bond donors (Lipinski definition) is 13. The quantitative estimate of drug-likeness (QED) is 0.00431. The van der Waals surface area contributed by atoms with E-state index in [1.807, 2.05) is 62.6 Å². The fraction of sp³-hybridized carbons (Fsp3) is 0.400. The molecule has 7 aromatic rings. The third-order valence-electron chi connectivity index (χ3n) is 21.3. The summed E-state index contributed by atoms with van der Waals surface area (Å²) in [5.74, 6) is -11.0. The summed E-state index contributed by atoms with van der Waals surface area (Å²) in [6.45, 7) is 9.27. The molecule has 126 heavy (non-hydrogen) atoms. The first-order chi connectivity index (χ1) is 59.9. The molecular weight excluding hydrogens is 1720 g/mol. The number of nitrogens with zero attached hydrogens (tertiary/aromatic N) is 4. The first-order valence-corrected chi connectivity index (χ1v) is 46.6. The minimum absolute atomic E-state index is 0.00803. The highest BCUT2D eigenvalue weighted by Crippen LogP contribution is 2.43. The molecule has 8 amide bonds. The second-order valence-corrected chi connectivity index (χ2v) is 35.8. The van der Waals surface area contributed by atoms with Crippen LogP contribution in [0.1, 0.15) is 126 Å². The van der Waals surface area contributed by atoms with E-state index in [4.69, 9.17) is 9.52 Å². The summed E-state index contributed by atoms with van der Waals surface area (Å²) < 4.78 is 112. The lowest BCUT2D eigenvalue weighted by Gasteiger charge is -2.30. The number of urea groups is 1. The number of halogens is 2. The highest BCUT2D eigenvalue weighted by atomic mass is 33.1. The van der Waals surface area contributed by atoms with Gasteiger partial charge in [-0.15, -0.1) is 0 Å². The molecule has 0 fully saturated rings. The number of aliphatic carboxylic acids is 4. The average molecular weight is 1820 g/mol. The Morgan fingerprint density at radius 1 is 0.548 bits per heavy atom. The number of rotatable bonds is 50. The zero-order chi connectivity index (χ0) is 91.7. The molecule has 2 aliphatic heterocycles. The van der Waals surface area contributed by atoms with Crippen molar-refractivity contribution in [3.63, 3.8) is 0 Å². The second-order valence-electron chi connectivity index (χ2n) is 30.1. The van der Waals surface area contributed by atoms with Crippen molar-refractivity contribution in [2.24, 2.45) is 0 Å². The minimum atomic E-state index is -5.40. The van der Waals surface area contributed by atoms with Gasteiger partial charge in [0.1, 0.15) is 52.1 Å². The van der Waals surface area contributed by atoms with Crippen molar-refractivity contribution in [1.82, 2.24) is 51.7 Å². The Hall–Kier alpha value is -11.8. The zero-order valence-electron chi connectivity index (χ0n) is 70.3. The molecule has 0 aliphatic carbocycles. The van der Waals surface area contributed by atoms with Crippen LogP contribution in [0.15, 0.2) is 153 Å². The van der Waals surface area contributed by atoms with E-state index in [1.165, 1.54) is 12.1 Å². The van der Waals surface area contributed by atoms with Gasteiger partial charge in [0.2, 0.25) is 45.5 Å². The van der Waals surface area contributed by atoms with Gasteiger partial charge in [-0.25, -0.2) is 45.2 Å². The van der Waals surface area contributed by atoms with Gasteiger partial charge < -0.3 is 94.9 Å². The molecule has 2 aliphatic rings. The molecule has 0 bridgehead atoms. The number of aromatic nitrogens is 1. The number of sulfonamides is 1. The Bertz CT molecular complexity index is 5460. The topological polar surface area (TPSA) is 494 Å². The van der Waals surface area contributed by atoms with Crippen molar-refractivity contribution in [3.05, 3.63) is 167 Å². The number of aryl methyl sites for hydroxylation is 2. The van der Waals surface area contributed by atoms with Crippen LogP contribution in [-0.4, -0.2) is 222 Å². The molecule has 0 spiro atoms. The Balaban J connectivity index is 0.867. The van der Waals surface area contributed by atoms with Crippen LogP contribution in [-0.2, 0) is 80.9 Å². The first-order valence-electron chi connectivity index (χ1n) is 41.2. The van der Waals surface area contributed by atoms with Crippen LogP contribution in [0.3, 0.4) is 0 Å². The van der Waals surface area contributed by atoms with E-state index in [0.29, 0.717) is 81.8 Å². The van der Waals surface area contributed by atoms with E-state index in [-0.39, 0.29) is 106 Å². The van der Waals surface area contributed by atoms with Gasteiger partial charge in [-0.3, -0.25) is 33.6 Å². The van der Waals surface area contributed by atoms with Crippen molar-refractivity contribution >= 4 is 159 Å². The summed E-state index contributed by atoms with van der Waals surface area (Å²) in [4.78, 5) is 147. The number of carbonyl (C=O) groups excluding carboxylic acids is 7. The van der Waals surface area contributed by atoms with Crippen LogP contribution in [0, 0.1) is 13.8 Å². The highest BCUT2D eigenvalue weighted by Gasteiger charge is 2.52. The smallest absolute Gasteiger partial charge is 0.737 e. The van der Waals surface area contributed by atoms with Crippen molar-refractivity contribution < 1.29 is 112 Å². The van der Waals surface area contributed by atoms with E-state index < -0.39 is 164 Å². The van der Waals surface area contributed by atoms with Crippen LogP contribution in [0.25, 0.3) is 39.1 Å². The number of benzene rings is 5. The van der Waals surface area contributed by atoms with Crippen LogP contribution in [0.4, 0.5) is 24.8 Å². The fourth-order valence-corrected chi connectivity index (χ4v) is 18.9. The third-order valence-corrected chi connectivity index (χ3v) is 26.1. The predicted molar refractivity (Wildman–Crippen MR) is 473 cm³/mol. The molecule has 0 radical (unpaired) electrons. The van der Waals surface area contributed by atoms with E-state index in [2.05, 4.69) is 46.4 Å². The van der Waals surface area contributed by atoms with Gasteiger partial charge in [-0.2, -0.15) is 0 Å². The molecule has 13 N–H and O–H groups in total. The Morgan fingerprint density at radius 2 is 1.07 bits per heavy atom. The van der Waals surface area contributed by atoms with E-state index in [1.54, 1.807) is 111 Å². The summed E-state index contributed by atoms with van der Waals surface area (Å²) in [6.07, 6.45) is 1.93. The Labute approximate surface area is 735 Å². The van der Waals surface area contributed by atoms with E-state index in [0.717, 1.165) is 48.0 Å². The maximum absolute atomic E-state index is 16.2. The molecule has 4 heterocycles. The lowest BCUT2D eigenvalue weighted by molar-refractivity contribution is -0.362. The monoisotopic (exact) mass is 1820 g/mol. The number of unbranched alkanes of at least 4 members (excludes halogenated alkanes) is 1. The molecule has 676 valence electrons. The van der Waals surface area contributed by atoms with E-state index in [9.17, 15) is 89.4 Å². The van der Waals surface area contributed by atoms with Gasteiger partial charge in [-0.1, -0.05) is 88.3 Å². The molecule has 9 rings (SSSR count). The molecule has 34 nitrogen and oxygen atoms in total. The first kappa shape index (κ1) is 98.0. The third kappa shape index (κ3) is 26.6. The number of carboxylic acid groups (broad SMARTS) is 4. The van der Waals surface area contributed by atoms with Crippen molar-refractivity contribution in [3.8, 4) is 11.1 Å². The van der Waals surface area contributed by atoms with Gasteiger partial charge in [0.15, 0.2) is 5.70 Å². The number of anilines is 2. The standard InChI is InChI=1S/C85H104BF2N13O21S4/c1-7-98(8-2)57-28-32-61-71(48-57)122-72-49-58(99(9-3)10-4)29-33-62(72)78(61)63-34-31-60(50-73(63)126(119,120)121)125(117,118)91-42-43-123-124-51-69(84(114)115)95-79(107)64(24-17-18-40-89-74(102)37-30-56-26-27-59-47-70-52(5)44-53(6)100(70)86(87,88)101(56)59)93-81(109)68(46-55-22-15-12-16-23-55)94-80(108)67(45-54-20-13-11-14-21-54)92-76(104)25-19-41-90-75(103)38-35-65(82(110)111)96-85(116)97-66(83(112)113)36-39-77(105)106/h11-16,20-23,26-29,31-34,44,47-50,64-69,91H,7-10,17-19,24-25,30,35-43,45-46,51H2,1-6H3,(H12-,89,90,92,93,94,95,96,97,102,103,104,105,106,107,108,109,110,111,112,113,114,115,116,119,120,121)/t64?,65-,66-,67-,68-,69?/m0/s1. The number of amides is 8. The molecule has 41 heteroatoms. The molecule has 6 atom stereocenters. The SMILES string of the molecule is CCN(CC)c1ccc2c(-c3ccc(S(=O)(=O)NCCSSCC(NC(=O)C(CCCCNC(=O)CCC4=[N+]5C(=Cc6c(C)cc(C)n6[B-]5(F)F)C=C4)NC(=O)[C@H](Cc4ccccc4)NC(=O)[C@H](Cc4ccccc4)NC(=O)CCCNC(=O)CC[C@H](NC(=O)N[C@@H](CCC(=O)O)C(=O)O)C(=O)O)C(=O)O)cc3S(=O)(=O)[O-])c3ccc(N(CC)CC)cc3[o+]c2c1. The number of fused-ring (bicyclic) bond motifs is 4. The summed E-state index contributed by atoms with van der Waals surface area (Å²) in [6, 6.07) is 22.0.